The van der Waals surface area contributed by atoms with E-state index in [1.807, 2.05) is 79.4 Å². The van der Waals surface area contributed by atoms with E-state index in [1.165, 1.54) is 214 Å². The molecule has 14 heteroatoms. The molecule has 0 fully saturated rings. The molecule has 392 valence electrons. The first kappa shape index (κ1) is 52.7. The molecule has 12 aromatic rings. The highest BCUT2D eigenvalue weighted by molar-refractivity contribution is 7.37. The number of hydrogen-bond donors (Lipinski definition) is 0. The van der Waals surface area contributed by atoms with Crippen LogP contribution in [-0.4, -0.2) is 22.1 Å². The quantitative estimate of drug-likeness (QED) is 0.0605. The number of fused-ring (bicyclic) bond motifs is 7. The van der Waals surface area contributed by atoms with Crippen LogP contribution in [0.5, 0.6) is 0 Å². The number of unbranched alkanes of at least 4 members (excludes halogenated alkanes) is 3. The number of thiophene rings is 7. The second-order valence-corrected chi connectivity index (χ2v) is 29.5. The van der Waals surface area contributed by atoms with Crippen molar-refractivity contribution in [3.8, 4) is 61.3 Å². The van der Waals surface area contributed by atoms with E-state index < -0.39 is 0 Å². The summed E-state index contributed by atoms with van der Waals surface area (Å²) >= 11 is 16.2. The molecule has 5 nitrogen and oxygen atoms in total. The van der Waals surface area contributed by atoms with Gasteiger partial charge in [-0.05, 0) is 97.7 Å². The highest BCUT2D eigenvalue weighted by Crippen LogP contribution is 2.52. The first-order valence-electron chi connectivity index (χ1n) is 27.7. The highest BCUT2D eigenvalue weighted by atomic mass is 32.1. The normalized spacial score (nSPS) is 13.5. The molecule has 0 aliphatic heterocycles. The third-order valence-corrected chi connectivity index (χ3v) is 25.4. The van der Waals surface area contributed by atoms with Gasteiger partial charge in [-0.2, -0.15) is 17.5 Å². The van der Waals surface area contributed by atoms with E-state index in [1.54, 1.807) is 0 Å². The second kappa shape index (κ2) is 23.4. The van der Waals surface area contributed by atoms with Gasteiger partial charge in [0.1, 0.15) is 22.1 Å². The molecule has 0 saturated carbocycles. The largest absolute Gasteiger partial charge is 0.338 e. The van der Waals surface area contributed by atoms with Crippen LogP contribution in [0.25, 0.3) is 113 Å². The average molecular weight is 1170 g/mol. The average Bonchev–Trinajstić information content (AvgIpc) is 4.32. The van der Waals surface area contributed by atoms with Gasteiger partial charge in [-0.3, -0.25) is 0 Å². The first-order valence-corrected chi connectivity index (χ1v) is 34.9. The van der Waals surface area contributed by atoms with Crippen molar-refractivity contribution in [2.75, 3.05) is 0 Å². The molecule has 10 aromatic heterocycles. The predicted molar refractivity (Wildman–Crippen MR) is 344 cm³/mol. The molecular weight excluding hydrogens is 1100 g/mol. The Morgan fingerprint density at radius 2 is 0.816 bits per heavy atom. The standard InChI is InChI=1S/C62H65N5S9/c1-7-13-16-36(10-4)31-39-19-25-48(68-39)50-29-27-46(70-50)41-21-23-43(57-55(41)63-75-65-57)52-33-45-60(72-52)62-59(67(45)35-38(12-6)18-15-9-3)61-54(74-62)34-53(73-61)44-24-22-42(56-58(44)66-76-64-56)47-28-30-51(71-47)49-26-20-40(69-49)32-37(11-5)17-14-8-2/h19-30,33-34,36-38H,7-18,31-32,35H2,1-6H3. The molecule has 0 aliphatic carbocycles. The first-order chi connectivity index (χ1) is 37.4. The third-order valence-electron chi connectivity index (χ3n) is 15.8. The Labute approximate surface area is 484 Å². The zero-order valence-corrected chi connectivity index (χ0v) is 51.7. The van der Waals surface area contributed by atoms with Crippen molar-refractivity contribution in [1.29, 1.82) is 0 Å². The van der Waals surface area contributed by atoms with E-state index in [0.29, 0.717) is 5.92 Å². The number of nitrogens with zero attached hydrogens (tertiary/aromatic N) is 5. The lowest BCUT2D eigenvalue weighted by atomic mass is 9.95. The predicted octanol–water partition coefficient (Wildman–Crippen LogP) is 23.1. The smallest absolute Gasteiger partial charge is 0.114 e. The van der Waals surface area contributed by atoms with E-state index in [2.05, 4.69) is 131 Å². The van der Waals surface area contributed by atoms with Crippen molar-refractivity contribution >= 4 is 155 Å². The molecule has 0 saturated heterocycles. The molecule has 0 amide bonds. The fourth-order valence-corrected chi connectivity index (χ4v) is 20.9. The highest BCUT2D eigenvalue weighted by Gasteiger charge is 2.26. The monoisotopic (exact) mass is 1170 g/mol. The van der Waals surface area contributed by atoms with Crippen LogP contribution >= 0.6 is 103 Å². The Bertz CT molecular complexity index is 3910. The number of aromatic nitrogens is 5. The fraction of sp³-hybridized carbons (Fsp3) is 0.387. The van der Waals surface area contributed by atoms with Crippen molar-refractivity contribution in [3.05, 3.63) is 94.7 Å². The summed E-state index contributed by atoms with van der Waals surface area (Å²) in [7, 11) is 0. The molecule has 0 aliphatic rings. The van der Waals surface area contributed by atoms with Gasteiger partial charge in [-0.25, -0.2) is 0 Å². The van der Waals surface area contributed by atoms with Crippen molar-refractivity contribution in [2.45, 2.75) is 138 Å². The topological polar surface area (TPSA) is 56.5 Å². The molecule has 0 bridgehead atoms. The molecule has 0 radical (unpaired) electrons. The van der Waals surface area contributed by atoms with E-state index in [-0.39, 0.29) is 0 Å². The number of hydrogen-bond acceptors (Lipinski definition) is 13. The van der Waals surface area contributed by atoms with Gasteiger partial charge in [0, 0.05) is 82.3 Å². The van der Waals surface area contributed by atoms with Gasteiger partial charge >= 0.3 is 0 Å². The molecule has 12 rings (SSSR count). The summed E-state index contributed by atoms with van der Waals surface area (Å²) in [6.45, 7) is 15.0. The van der Waals surface area contributed by atoms with Gasteiger partial charge in [-0.15, -0.1) is 79.4 Å². The Hall–Kier alpha value is -3.96. The minimum absolute atomic E-state index is 0.609. The SMILES string of the molecule is CCCCC(CC)Cc1ccc(-c2ccc(-c3ccc(-c4cc5c(s4)c4sc6cc(-c7ccc(-c8ccc(-c9ccc(CC(CC)CCCC)s9)s8)c8nsnc78)sc6c4n5CC(CC)CCCC)c4nsnc34)s2)s1. The van der Waals surface area contributed by atoms with Gasteiger partial charge in [-0.1, -0.05) is 136 Å². The van der Waals surface area contributed by atoms with Crippen LogP contribution in [0.2, 0.25) is 0 Å². The number of rotatable bonds is 24. The Kier molecular flexibility index (Phi) is 16.2. The molecule has 76 heavy (non-hydrogen) atoms. The molecule has 2 aromatic carbocycles. The van der Waals surface area contributed by atoms with Crippen molar-refractivity contribution in [2.24, 2.45) is 17.8 Å². The molecule has 0 spiro atoms. The second-order valence-electron chi connectivity index (χ2n) is 20.8. The maximum atomic E-state index is 5.01. The van der Waals surface area contributed by atoms with Gasteiger partial charge in [0.2, 0.25) is 0 Å². The zero-order chi connectivity index (χ0) is 51.9. The molecule has 10 heterocycles. The van der Waals surface area contributed by atoms with Crippen molar-refractivity contribution in [1.82, 2.24) is 22.1 Å². The van der Waals surface area contributed by atoms with Crippen LogP contribution in [0.15, 0.2) is 84.9 Å². The Morgan fingerprint density at radius 1 is 0.395 bits per heavy atom. The van der Waals surface area contributed by atoms with Crippen LogP contribution in [0.3, 0.4) is 0 Å². The van der Waals surface area contributed by atoms with Crippen LogP contribution in [0.4, 0.5) is 0 Å². The zero-order valence-electron chi connectivity index (χ0n) is 44.3. The minimum atomic E-state index is 0.609. The van der Waals surface area contributed by atoms with Crippen LogP contribution in [-0.2, 0) is 19.4 Å². The van der Waals surface area contributed by atoms with Crippen LogP contribution in [0.1, 0.15) is 128 Å². The molecular formula is C62H65N5S9. The lowest BCUT2D eigenvalue weighted by molar-refractivity contribution is 0.401. The van der Waals surface area contributed by atoms with Gasteiger partial charge < -0.3 is 4.57 Å². The van der Waals surface area contributed by atoms with E-state index in [0.717, 1.165) is 40.4 Å². The maximum absolute atomic E-state index is 5.01. The molecule has 3 atom stereocenters. The van der Waals surface area contributed by atoms with E-state index >= 15 is 0 Å². The molecule has 3 unspecified atom stereocenters. The maximum Gasteiger partial charge on any atom is 0.114 e. The van der Waals surface area contributed by atoms with E-state index in [9.17, 15) is 0 Å². The van der Waals surface area contributed by atoms with Gasteiger partial charge in [0.15, 0.2) is 0 Å². The van der Waals surface area contributed by atoms with Gasteiger partial charge in [0.05, 0.1) is 48.6 Å². The third kappa shape index (κ3) is 10.3. The molecule has 0 N–H and O–H groups in total. The van der Waals surface area contributed by atoms with Crippen molar-refractivity contribution < 1.29 is 0 Å². The summed E-state index contributed by atoms with van der Waals surface area (Å²) in [4.78, 5) is 13.5. The summed E-state index contributed by atoms with van der Waals surface area (Å²) < 4.78 is 28.2. The van der Waals surface area contributed by atoms with Gasteiger partial charge in [0.25, 0.3) is 0 Å². The summed E-state index contributed by atoms with van der Waals surface area (Å²) in [5, 5.41) is 0. The van der Waals surface area contributed by atoms with Crippen molar-refractivity contribution in [3.63, 3.8) is 0 Å². The number of benzene rings is 2. The summed E-state index contributed by atoms with van der Waals surface area (Å²) in [5.74, 6) is 2.16. The van der Waals surface area contributed by atoms with Crippen LogP contribution < -0.4 is 0 Å². The van der Waals surface area contributed by atoms with Crippen LogP contribution in [0, 0.1) is 17.8 Å². The lowest BCUT2D eigenvalue weighted by Crippen LogP contribution is -2.09. The summed E-state index contributed by atoms with van der Waals surface area (Å²) in [6, 6.07) is 32.8. The fourth-order valence-electron chi connectivity index (χ4n) is 11.2. The summed E-state index contributed by atoms with van der Waals surface area (Å²) in [6.07, 6.45) is 17.7. The van der Waals surface area contributed by atoms with E-state index in [4.69, 9.17) is 17.5 Å². The lowest BCUT2D eigenvalue weighted by Gasteiger charge is -2.17. The minimum Gasteiger partial charge on any atom is -0.338 e. The Balaban J connectivity index is 0.853. The summed E-state index contributed by atoms with van der Waals surface area (Å²) in [5.41, 5.74) is 11.5. The Morgan fingerprint density at radius 3 is 1.30 bits per heavy atom.